The second-order valence-electron chi connectivity index (χ2n) is 6.16. The molecule has 2 aliphatic rings. The molecule has 1 N–H and O–H groups in total. The number of carbonyl (C=O) groups is 2. The Labute approximate surface area is 126 Å². The monoisotopic (exact) mass is 309 g/mol. The number of halogens is 2. The Morgan fingerprint density at radius 2 is 1.91 bits per heavy atom. The maximum absolute atomic E-state index is 13.7. The summed E-state index contributed by atoms with van der Waals surface area (Å²) < 4.78 is 26.9. The number of amides is 2. The minimum absolute atomic E-state index is 0.157. The van der Waals surface area contributed by atoms with Crippen molar-refractivity contribution in [2.24, 2.45) is 5.41 Å². The highest BCUT2D eigenvalue weighted by molar-refractivity contribution is 6.06. The van der Waals surface area contributed by atoms with E-state index in [2.05, 4.69) is 0 Å². The van der Waals surface area contributed by atoms with Gasteiger partial charge in [0.1, 0.15) is 11.6 Å². The lowest BCUT2D eigenvalue weighted by Crippen LogP contribution is -2.37. The number of aliphatic hydroxyl groups excluding tert-OH is 1. The Morgan fingerprint density at radius 3 is 2.59 bits per heavy atom. The zero-order chi connectivity index (χ0) is 15.9. The van der Waals surface area contributed by atoms with Crippen LogP contribution in [0.5, 0.6) is 0 Å². The van der Waals surface area contributed by atoms with Crippen molar-refractivity contribution in [2.75, 3.05) is 6.54 Å². The van der Waals surface area contributed by atoms with Crippen LogP contribution in [0.25, 0.3) is 0 Å². The van der Waals surface area contributed by atoms with Gasteiger partial charge in [0, 0.05) is 12.0 Å². The number of benzene rings is 1. The van der Waals surface area contributed by atoms with Gasteiger partial charge in [0.05, 0.1) is 18.1 Å². The summed E-state index contributed by atoms with van der Waals surface area (Å²) in [5.74, 6) is -2.07. The van der Waals surface area contributed by atoms with Gasteiger partial charge in [-0.2, -0.15) is 0 Å². The van der Waals surface area contributed by atoms with Gasteiger partial charge in [-0.25, -0.2) is 8.78 Å². The first-order chi connectivity index (χ1) is 10.4. The molecule has 6 heteroatoms. The molecule has 2 amide bonds. The molecule has 2 fully saturated rings. The smallest absolute Gasteiger partial charge is 0.236 e. The molecule has 0 radical (unpaired) electrons. The summed E-state index contributed by atoms with van der Waals surface area (Å²) in [7, 11) is 0. The van der Waals surface area contributed by atoms with Crippen LogP contribution in [0.2, 0.25) is 0 Å². The summed E-state index contributed by atoms with van der Waals surface area (Å²) in [5.41, 5.74) is -0.870. The maximum atomic E-state index is 13.7. The van der Waals surface area contributed by atoms with Gasteiger partial charge in [0.2, 0.25) is 11.8 Å². The number of carbonyl (C=O) groups excluding carboxylic acids is 2. The third-order valence-electron chi connectivity index (χ3n) is 4.72. The number of likely N-dealkylation sites (tertiary alicyclic amines) is 1. The minimum Gasteiger partial charge on any atom is -0.386 e. The van der Waals surface area contributed by atoms with E-state index < -0.39 is 23.2 Å². The van der Waals surface area contributed by atoms with E-state index >= 15 is 0 Å². The van der Waals surface area contributed by atoms with Crippen molar-refractivity contribution in [3.63, 3.8) is 0 Å². The van der Waals surface area contributed by atoms with E-state index in [4.69, 9.17) is 0 Å². The van der Waals surface area contributed by atoms with Crippen molar-refractivity contribution in [3.05, 3.63) is 35.4 Å². The molecule has 22 heavy (non-hydrogen) atoms. The number of imide groups is 1. The van der Waals surface area contributed by atoms with Gasteiger partial charge < -0.3 is 5.11 Å². The molecule has 1 aliphatic carbocycles. The normalized spacial score (nSPS) is 21.9. The van der Waals surface area contributed by atoms with Gasteiger partial charge in [-0.3, -0.25) is 14.5 Å². The molecule has 1 aromatic carbocycles. The molecule has 1 heterocycles. The van der Waals surface area contributed by atoms with Gasteiger partial charge in [0.15, 0.2) is 0 Å². The summed E-state index contributed by atoms with van der Waals surface area (Å²) in [6.45, 7) is -0.334. The minimum atomic E-state index is -1.43. The molecule has 1 atom stereocenters. The highest BCUT2D eigenvalue weighted by Gasteiger charge is 2.52. The van der Waals surface area contributed by atoms with Crippen molar-refractivity contribution < 1.29 is 23.5 Å². The van der Waals surface area contributed by atoms with E-state index in [1.54, 1.807) is 0 Å². The van der Waals surface area contributed by atoms with Crippen LogP contribution in [0.1, 0.15) is 43.8 Å². The van der Waals surface area contributed by atoms with E-state index in [0.717, 1.165) is 35.9 Å². The van der Waals surface area contributed by atoms with Crippen molar-refractivity contribution >= 4 is 11.8 Å². The predicted molar refractivity (Wildman–Crippen MR) is 73.6 cm³/mol. The Kier molecular flexibility index (Phi) is 3.72. The third-order valence-corrected chi connectivity index (χ3v) is 4.72. The highest BCUT2D eigenvalue weighted by atomic mass is 19.1. The fourth-order valence-electron chi connectivity index (χ4n) is 3.53. The number of rotatable bonds is 3. The van der Waals surface area contributed by atoms with E-state index in [1.807, 2.05) is 0 Å². The van der Waals surface area contributed by atoms with Crippen LogP contribution in [0.4, 0.5) is 8.78 Å². The molecule has 1 spiro atoms. The maximum Gasteiger partial charge on any atom is 0.236 e. The summed E-state index contributed by atoms with van der Waals surface area (Å²) in [4.78, 5) is 25.6. The number of β-amino-alcohol motifs (C(OH)–C–C–N with tert-alkyl or cyclic N) is 1. The molecule has 118 valence electrons. The first-order valence-electron chi connectivity index (χ1n) is 7.41. The van der Waals surface area contributed by atoms with E-state index in [0.29, 0.717) is 12.8 Å². The first-order valence-corrected chi connectivity index (χ1v) is 7.41. The van der Waals surface area contributed by atoms with Crippen molar-refractivity contribution in [3.8, 4) is 0 Å². The highest BCUT2D eigenvalue weighted by Crippen LogP contribution is 2.47. The largest absolute Gasteiger partial charge is 0.386 e. The fourth-order valence-corrected chi connectivity index (χ4v) is 3.53. The van der Waals surface area contributed by atoms with Crippen LogP contribution in [-0.4, -0.2) is 28.4 Å². The van der Waals surface area contributed by atoms with Crippen molar-refractivity contribution in [1.29, 1.82) is 0 Å². The van der Waals surface area contributed by atoms with Crippen LogP contribution in [0.15, 0.2) is 18.2 Å². The standard InChI is InChI=1S/C16H17F2NO3/c17-10-3-4-12(18)11(7-10)13(20)9-19-14(21)8-16(15(19)22)5-1-2-6-16/h3-4,7,13,20H,1-2,5-6,8-9H2/t13-/m1/s1. The second-order valence-corrected chi connectivity index (χ2v) is 6.16. The van der Waals surface area contributed by atoms with Gasteiger partial charge in [-0.05, 0) is 31.0 Å². The zero-order valence-electron chi connectivity index (χ0n) is 12.0. The summed E-state index contributed by atoms with van der Waals surface area (Å²) in [6.07, 6.45) is 1.91. The number of hydrogen-bond acceptors (Lipinski definition) is 3. The van der Waals surface area contributed by atoms with Gasteiger partial charge in [-0.1, -0.05) is 12.8 Å². The molecule has 4 nitrogen and oxygen atoms in total. The average Bonchev–Trinajstić information content (AvgIpc) is 3.03. The predicted octanol–water partition coefficient (Wildman–Crippen LogP) is 2.32. The van der Waals surface area contributed by atoms with Crippen LogP contribution in [-0.2, 0) is 9.59 Å². The lowest BCUT2D eigenvalue weighted by Gasteiger charge is -2.23. The Morgan fingerprint density at radius 1 is 1.23 bits per heavy atom. The summed E-state index contributed by atoms with van der Waals surface area (Å²) in [6, 6.07) is 2.75. The molecular formula is C16H17F2NO3. The summed E-state index contributed by atoms with van der Waals surface area (Å²) in [5, 5.41) is 10.1. The van der Waals surface area contributed by atoms with E-state index in [1.165, 1.54) is 0 Å². The van der Waals surface area contributed by atoms with E-state index in [-0.39, 0.29) is 30.3 Å². The van der Waals surface area contributed by atoms with E-state index in [9.17, 15) is 23.5 Å². The Balaban J connectivity index is 1.79. The lowest BCUT2D eigenvalue weighted by molar-refractivity contribution is -0.143. The zero-order valence-corrected chi connectivity index (χ0v) is 12.0. The molecule has 0 aromatic heterocycles. The molecule has 1 aromatic rings. The SMILES string of the molecule is O=C1CC2(CCCC2)C(=O)N1C[C@@H](O)c1cc(F)ccc1F. The topological polar surface area (TPSA) is 57.6 Å². The molecular weight excluding hydrogens is 292 g/mol. The van der Waals surface area contributed by atoms with Gasteiger partial charge in [-0.15, -0.1) is 0 Å². The van der Waals surface area contributed by atoms with Crippen LogP contribution in [0, 0.1) is 17.0 Å². The number of hydrogen-bond donors (Lipinski definition) is 1. The van der Waals surface area contributed by atoms with Gasteiger partial charge >= 0.3 is 0 Å². The molecule has 0 unspecified atom stereocenters. The Hall–Kier alpha value is -1.82. The average molecular weight is 309 g/mol. The molecule has 1 aliphatic heterocycles. The number of nitrogens with zero attached hydrogens (tertiary/aromatic N) is 1. The Bertz CT molecular complexity index is 626. The second kappa shape index (κ2) is 5.43. The van der Waals surface area contributed by atoms with Crippen LogP contribution >= 0.6 is 0 Å². The quantitative estimate of drug-likeness (QED) is 0.872. The lowest BCUT2D eigenvalue weighted by atomic mass is 9.84. The van der Waals surface area contributed by atoms with Crippen molar-refractivity contribution in [2.45, 2.75) is 38.2 Å². The number of aliphatic hydroxyl groups is 1. The molecule has 1 saturated heterocycles. The van der Waals surface area contributed by atoms with Gasteiger partial charge in [0.25, 0.3) is 0 Å². The molecule has 3 rings (SSSR count). The molecule has 0 bridgehead atoms. The third kappa shape index (κ3) is 2.41. The fraction of sp³-hybridized carbons (Fsp3) is 0.500. The summed E-state index contributed by atoms with van der Waals surface area (Å²) >= 11 is 0. The van der Waals surface area contributed by atoms with Crippen LogP contribution in [0.3, 0.4) is 0 Å². The first kappa shape index (κ1) is 15.1. The van der Waals surface area contributed by atoms with Crippen molar-refractivity contribution in [1.82, 2.24) is 4.90 Å². The van der Waals surface area contributed by atoms with Crippen LogP contribution < -0.4 is 0 Å². The molecule has 1 saturated carbocycles.